The standard InChI is InChI=1S/C20H27N3O3/c1-26-17-8-4-14(5-9-17)13-16-3-2-11-23(16)20(25)21-18-10-12-22(19(18)24)15-6-7-15/h4-5,8-9,15-16,18H,2-3,6-7,10-13H2,1H3,(H,21,25). The van der Waals surface area contributed by atoms with Gasteiger partial charge in [0, 0.05) is 25.2 Å². The van der Waals surface area contributed by atoms with E-state index < -0.39 is 0 Å². The Morgan fingerprint density at radius 3 is 2.62 bits per heavy atom. The number of hydrogen-bond acceptors (Lipinski definition) is 3. The summed E-state index contributed by atoms with van der Waals surface area (Å²) in [5, 5.41) is 2.99. The molecule has 6 nitrogen and oxygen atoms in total. The predicted octanol–water partition coefficient (Wildman–Crippen LogP) is 2.17. The molecule has 1 aromatic rings. The maximum absolute atomic E-state index is 12.8. The monoisotopic (exact) mass is 357 g/mol. The van der Waals surface area contributed by atoms with Crippen molar-refractivity contribution in [3.05, 3.63) is 29.8 Å². The molecule has 4 rings (SSSR count). The topological polar surface area (TPSA) is 61.9 Å². The largest absolute Gasteiger partial charge is 0.497 e. The van der Waals surface area contributed by atoms with Crippen molar-refractivity contribution in [1.82, 2.24) is 15.1 Å². The highest BCUT2D eigenvalue weighted by molar-refractivity contribution is 5.89. The Morgan fingerprint density at radius 2 is 1.92 bits per heavy atom. The number of carbonyl (C=O) groups excluding carboxylic acids is 2. The summed E-state index contributed by atoms with van der Waals surface area (Å²) < 4.78 is 5.20. The molecular formula is C20H27N3O3. The Morgan fingerprint density at radius 1 is 1.15 bits per heavy atom. The summed E-state index contributed by atoms with van der Waals surface area (Å²) in [6.45, 7) is 1.55. The number of urea groups is 1. The number of rotatable bonds is 5. The van der Waals surface area contributed by atoms with Crippen molar-refractivity contribution < 1.29 is 14.3 Å². The molecule has 2 saturated heterocycles. The Bertz CT molecular complexity index is 671. The number of hydrogen-bond donors (Lipinski definition) is 1. The average Bonchev–Trinajstić information content (AvgIpc) is 3.28. The van der Waals surface area contributed by atoms with E-state index in [1.54, 1.807) is 7.11 Å². The molecule has 140 valence electrons. The van der Waals surface area contributed by atoms with Gasteiger partial charge in [0.05, 0.1) is 7.11 Å². The summed E-state index contributed by atoms with van der Waals surface area (Å²) in [6.07, 6.45) is 5.82. The second-order valence-corrected chi connectivity index (χ2v) is 7.60. The fraction of sp³-hybridized carbons (Fsp3) is 0.600. The Balaban J connectivity index is 1.35. The normalized spacial score (nSPS) is 25.7. The fourth-order valence-electron chi connectivity index (χ4n) is 4.17. The molecule has 26 heavy (non-hydrogen) atoms. The van der Waals surface area contributed by atoms with E-state index in [1.807, 2.05) is 21.9 Å². The molecule has 2 atom stereocenters. The van der Waals surface area contributed by atoms with Crippen molar-refractivity contribution in [3.63, 3.8) is 0 Å². The summed E-state index contributed by atoms with van der Waals surface area (Å²) in [7, 11) is 1.66. The van der Waals surface area contributed by atoms with Crippen LogP contribution in [0, 0.1) is 0 Å². The number of likely N-dealkylation sites (tertiary alicyclic amines) is 2. The van der Waals surface area contributed by atoms with E-state index in [1.165, 1.54) is 5.56 Å². The van der Waals surface area contributed by atoms with Crippen molar-refractivity contribution in [2.24, 2.45) is 0 Å². The third-order valence-electron chi connectivity index (χ3n) is 5.79. The zero-order valence-electron chi connectivity index (χ0n) is 15.3. The van der Waals surface area contributed by atoms with E-state index in [2.05, 4.69) is 17.4 Å². The van der Waals surface area contributed by atoms with E-state index in [0.717, 1.165) is 57.4 Å². The minimum atomic E-state index is -0.342. The molecule has 3 aliphatic rings. The van der Waals surface area contributed by atoms with Gasteiger partial charge in [0.15, 0.2) is 0 Å². The van der Waals surface area contributed by atoms with Crippen molar-refractivity contribution in [1.29, 1.82) is 0 Å². The number of ether oxygens (including phenoxy) is 1. The Kier molecular flexibility index (Phi) is 4.74. The summed E-state index contributed by atoms with van der Waals surface area (Å²) in [5.74, 6) is 0.946. The molecule has 6 heteroatoms. The van der Waals surface area contributed by atoms with Crippen LogP contribution in [-0.4, -0.2) is 60.1 Å². The number of nitrogens with one attached hydrogen (secondary N) is 1. The molecule has 1 aliphatic carbocycles. The smallest absolute Gasteiger partial charge is 0.318 e. The minimum Gasteiger partial charge on any atom is -0.497 e. The summed E-state index contributed by atoms with van der Waals surface area (Å²) in [4.78, 5) is 29.1. The molecule has 0 bridgehead atoms. The average molecular weight is 357 g/mol. The van der Waals surface area contributed by atoms with E-state index in [9.17, 15) is 9.59 Å². The van der Waals surface area contributed by atoms with Crippen molar-refractivity contribution in [3.8, 4) is 5.75 Å². The van der Waals surface area contributed by atoms with Crippen LogP contribution in [0.25, 0.3) is 0 Å². The molecule has 3 amide bonds. The van der Waals surface area contributed by atoms with Crippen LogP contribution in [0.15, 0.2) is 24.3 Å². The van der Waals surface area contributed by atoms with Crippen molar-refractivity contribution >= 4 is 11.9 Å². The molecule has 0 radical (unpaired) electrons. The van der Waals surface area contributed by atoms with Gasteiger partial charge in [-0.3, -0.25) is 4.79 Å². The maximum atomic E-state index is 12.8. The summed E-state index contributed by atoms with van der Waals surface area (Å²) in [5.41, 5.74) is 1.20. The van der Waals surface area contributed by atoms with Gasteiger partial charge in [0.25, 0.3) is 0 Å². The minimum absolute atomic E-state index is 0.0861. The number of amides is 3. The van der Waals surface area contributed by atoms with E-state index in [0.29, 0.717) is 6.04 Å². The molecular weight excluding hydrogens is 330 g/mol. The first-order chi connectivity index (χ1) is 12.7. The zero-order valence-corrected chi connectivity index (χ0v) is 15.3. The SMILES string of the molecule is COc1ccc(CC2CCCN2C(=O)NC2CCN(C3CC3)C2=O)cc1. The van der Waals surface area contributed by atoms with E-state index in [-0.39, 0.29) is 24.0 Å². The first-order valence-electron chi connectivity index (χ1n) is 9.66. The third-order valence-corrected chi connectivity index (χ3v) is 5.79. The maximum Gasteiger partial charge on any atom is 0.318 e. The number of nitrogens with zero attached hydrogens (tertiary/aromatic N) is 2. The number of benzene rings is 1. The fourth-order valence-corrected chi connectivity index (χ4v) is 4.17. The lowest BCUT2D eigenvalue weighted by Crippen LogP contribution is -2.50. The Labute approximate surface area is 154 Å². The number of methoxy groups -OCH3 is 1. The first kappa shape index (κ1) is 17.2. The van der Waals surface area contributed by atoms with Gasteiger partial charge < -0.3 is 19.9 Å². The van der Waals surface area contributed by atoms with Gasteiger partial charge in [-0.05, 0) is 56.2 Å². The van der Waals surface area contributed by atoms with Gasteiger partial charge in [-0.25, -0.2) is 4.79 Å². The second-order valence-electron chi connectivity index (χ2n) is 7.60. The molecule has 0 spiro atoms. The van der Waals surface area contributed by atoms with Crippen LogP contribution in [0.1, 0.15) is 37.7 Å². The van der Waals surface area contributed by atoms with Gasteiger partial charge in [-0.2, -0.15) is 0 Å². The van der Waals surface area contributed by atoms with Crippen molar-refractivity contribution in [2.45, 2.75) is 56.7 Å². The lowest BCUT2D eigenvalue weighted by atomic mass is 10.0. The molecule has 2 heterocycles. The number of carbonyl (C=O) groups is 2. The van der Waals surface area contributed by atoms with Gasteiger partial charge in [-0.15, -0.1) is 0 Å². The van der Waals surface area contributed by atoms with Crippen LogP contribution in [0.3, 0.4) is 0 Å². The molecule has 3 fully saturated rings. The third kappa shape index (κ3) is 3.50. The van der Waals surface area contributed by atoms with Crippen LogP contribution < -0.4 is 10.1 Å². The molecule has 1 N–H and O–H groups in total. The lowest BCUT2D eigenvalue weighted by Gasteiger charge is -2.26. The highest BCUT2D eigenvalue weighted by atomic mass is 16.5. The zero-order chi connectivity index (χ0) is 18.1. The van der Waals surface area contributed by atoms with E-state index >= 15 is 0 Å². The van der Waals surface area contributed by atoms with Crippen LogP contribution in [0.4, 0.5) is 4.79 Å². The van der Waals surface area contributed by atoms with Crippen LogP contribution >= 0.6 is 0 Å². The van der Waals surface area contributed by atoms with Crippen LogP contribution in [-0.2, 0) is 11.2 Å². The first-order valence-corrected chi connectivity index (χ1v) is 9.66. The van der Waals surface area contributed by atoms with Crippen LogP contribution in [0.5, 0.6) is 5.75 Å². The molecule has 0 aromatic heterocycles. The predicted molar refractivity (Wildman–Crippen MR) is 98.1 cm³/mol. The van der Waals surface area contributed by atoms with E-state index in [4.69, 9.17) is 4.74 Å². The molecule has 2 aliphatic heterocycles. The summed E-state index contributed by atoms with van der Waals surface area (Å²) >= 11 is 0. The quantitative estimate of drug-likeness (QED) is 0.879. The van der Waals surface area contributed by atoms with Gasteiger partial charge in [0.1, 0.15) is 11.8 Å². The van der Waals surface area contributed by atoms with Crippen LogP contribution in [0.2, 0.25) is 0 Å². The summed E-state index contributed by atoms with van der Waals surface area (Å²) in [6, 6.07) is 8.22. The highest BCUT2D eigenvalue weighted by Crippen LogP contribution is 2.31. The lowest BCUT2D eigenvalue weighted by molar-refractivity contribution is -0.129. The van der Waals surface area contributed by atoms with Gasteiger partial charge in [0.2, 0.25) is 5.91 Å². The Hall–Kier alpha value is -2.24. The molecule has 2 unspecified atom stereocenters. The highest BCUT2D eigenvalue weighted by Gasteiger charge is 2.42. The molecule has 1 aromatic carbocycles. The van der Waals surface area contributed by atoms with Gasteiger partial charge in [-0.1, -0.05) is 12.1 Å². The second kappa shape index (κ2) is 7.17. The van der Waals surface area contributed by atoms with Gasteiger partial charge >= 0.3 is 6.03 Å². The molecule has 1 saturated carbocycles. The van der Waals surface area contributed by atoms with Crippen molar-refractivity contribution in [2.75, 3.05) is 20.2 Å².